The summed E-state index contributed by atoms with van der Waals surface area (Å²) < 4.78 is 2.26. The first-order valence-corrected chi connectivity index (χ1v) is 10.3. The quantitative estimate of drug-likeness (QED) is 0.756. The monoisotopic (exact) mass is 363 g/mol. The van der Waals surface area contributed by atoms with Crippen molar-refractivity contribution >= 4 is 29.0 Å². The van der Waals surface area contributed by atoms with E-state index < -0.39 is 0 Å². The standard InChI is InChI=1S/C18H25N3OS2/c1-12(2)9-21-14(4)13(3)19-18(21)24-11-17(22)20-7-5-16-15(10-20)6-8-23-16/h6,8,12H,5,7,9-11H2,1-4H3. The molecule has 1 aliphatic rings. The molecule has 3 heterocycles. The molecule has 0 spiro atoms. The Morgan fingerprint density at radius 1 is 1.42 bits per heavy atom. The second kappa shape index (κ2) is 7.31. The Hall–Kier alpha value is -1.27. The second-order valence-corrected chi connectivity index (χ2v) is 8.74. The van der Waals surface area contributed by atoms with Gasteiger partial charge in [0.2, 0.25) is 5.91 Å². The molecule has 24 heavy (non-hydrogen) atoms. The highest BCUT2D eigenvalue weighted by molar-refractivity contribution is 7.99. The van der Waals surface area contributed by atoms with E-state index in [1.54, 1.807) is 23.1 Å². The van der Waals surface area contributed by atoms with Crippen LogP contribution >= 0.6 is 23.1 Å². The van der Waals surface area contributed by atoms with Crippen LogP contribution in [0.5, 0.6) is 0 Å². The van der Waals surface area contributed by atoms with Crippen LogP contribution in [0.25, 0.3) is 0 Å². The Morgan fingerprint density at radius 3 is 2.96 bits per heavy atom. The Balaban J connectivity index is 1.64. The van der Waals surface area contributed by atoms with Gasteiger partial charge in [0, 0.05) is 30.2 Å². The number of aromatic nitrogens is 2. The van der Waals surface area contributed by atoms with Crippen molar-refractivity contribution < 1.29 is 4.79 Å². The Bertz CT molecular complexity index is 733. The van der Waals surface area contributed by atoms with E-state index in [0.717, 1.165) is 36.9 Å². The Kier molecular flexibility index (Phi) is 5.35. The van der Waals surface area contributed by atoms with Gasteiger partial charge in [0.25, 0.3) is 0 Å². The highest BCUT2D eigenvalue weighted by Crippen LogP contribution is 2.26. The third kappa shape index (κ3) is 3.70. The SMILES string of the molecule is Cc1nc(SCC(=O)N2CCc3sccc3C2)n(CC(C)C)c1C. The van der Waals surface area contributed by atoms with Crippen molar-refractivity contribution in [2.24, 2.45) is 5.92 Å². The lowest BCUT2D eigenvalue weighted by atomic mass is 10.1. The number of hydrogen-bond donors (Lipinski definition) is 0. The summed E-state index contributed by atoms with van der Waals surface area (Å²) in [6.45, 7) is 11.1. The zero-order chi connectivity index (χ0) is 17.3. The smallest absolute Gasteiger partial charge is 0.233 e. The summed E-state index contributed by atoms with van der Waals surface area (Å²) in [6.07, 6.45) is 0.990. The summed E-state index contributed by atoms with van der Waals surface area (Å²) in [4.78, 5) is 20.7. The molecular weight excluding hydrogens is 338 g/mol. The molecule has 0 unspecified atom stereocenters. The van der Waals surface area contributed by atoms with E-state index in [1.807, 2.05) is 11.8 Å². The minimum Gasteiger partial charge on any atom is -0.337 e. The first kappa shape index (κ1) is 17.5. The van der Waals surface area contributed by atoms with Gasteiger partial charge in [-0.2, -0.15) is 0 Å². The average molecular weight is 364 g/mol. The third-order valence-corrected chi connectivity index (χ3v) is 6.44. The predicted octanol–water partition coefficient (Wildman–Crippen LogP) is 3.89. The van der Waals surface area contributed by atoms with Crippen molar-refractivity contribution in [1.82, 2.24) is 14.5 Å². The molecule has 6 heteroatoms. The summed E-state index contributed by atoms with van der Waals surface area (Å²) in [5.74, 6) is 1.24. The van der Waals surface area contributed by atoms with Crippen molar-refractivity contribution in [3.63, 3.8) is 0 Å². The normalized spacial score (nSPS) is 14.3. The molecule has 0 fully saturated rings. The molecule has 0 bridgehead atoms. The highest BCUT2D eigenvalue weighted by Gasteiger charge is 2.22. The summed E-state index contributed by atoms with van der Waals surface area (Å²) >= 11 is 3.38. The van der Waals surface area contributed by atoms with Gasteiger partial charge in [-0.25, -0.2) is 4.98 Å². The zero-order valence-electron chi connectivity index (χ0n) is 14.8. The van der Waals surface area contributed by atoms with Gasteiger partial charge < -0.3 is 9.47 Å². The number of rotatable bonds is 5. The van der Waals surface area contributed by atoms with Crippen molar-refractivity contribution in [3.8, 4) is 0 Å². The van der Waals surface area contributed by atoms with Crippen LogP contribution in [0.2, 0.25) is 0 Å². The molecule has 0 aromatic carbocycles. The van der Waals surface area contributed by atoms with Crippen molar-refractivity contribution in [3.05, 3.63) is 33.3 Å². The molecule has 1 aliphatic heterocycles. The van der Waals surface area contributed by atoms with Crippen LogP contribution in [0, 0.1) is 19.8 Å². The minimum absolute atomic E-state index is 0.214. The number of thiophene rings is 1. The van der Waals surface area contributed by atoms with E-state index in [9.17, 15) is 4.79 Å². The molecule has 0 aliphatic carbocycles. The molecule has 4 nitrogen and oxygen atoms in total. The number of amides is 1. The lowest BCUT2D eigenvalue weighted by Gasteiger charge is -2.27. The van der Waals surface area contributed by atoms with Gasteiger partial charge >= 0.3 is 0 Å². The molecule has 0 saturated carbocycles. The van der Waals surface area contributed by atoms with E-state index in [2.05, 4.69) is 41.8 Å². The lowest BCUT2D eigenvalue weighted by Crippen LogP contribution is -2.36. The number of imidazole rings is 1. The largest absolute Gasteiger partial charge is 0.337 e. The number of carbonyl (C=O) groups is 1. The van der Waals surface area contributed by atoms with Crippen molar-refractivity contribution in [2.75, 3.05) is 12.3 Å². The van der Waals surface area contributed by atoms with Gasteiger partial charge in [-0.1, -0.05) is 25.6 Å². The summed E-state index contributed by atoms with van der Waals surface area (Å²) in [5, 5.41) is 3.10. The maximum absolute atomic E-state index is 12.6. The van der Waals surface area contributed by atoms with Gasteiger partial charge in [0.05, 0.1) is 11.4 Å². The van der Waals surface area contributed by atoms with E-state index >= 15 is 0 Å². The third-order valence-electron chi connectivity index (χ3n) is 4.46. The molecule has 0 saturated heterocycles. The number of fused-ring (bicyclic) bond motifs is 1. The van der Waals surface area contributed by atoms with Crippen LogP contribution in [-0.4, -0.2) is 32.7 Å². The van der Waals surface area contributed by atoms with Gasteiger partial charge in [0.1, 0.15) is 0 Å². The van der Waals surface area contributed by atoms with Crippen LogP contribution in [-0.2, 0) is 24.3 Å². The average Bonchev–Trinajstić information content (AvgIpc) is 3.11. The van der Waals surface area contributed by atoms with Crippen molar-refractivity contribution in [1.29, 1.82) is 0 Å². The first-order valence-electron chi connectivity index (χ1n) is 8.45. The molecule has 2 aromatic rings. The molecular formula is C18H25N3OS2. The number of nitrogens with zero attached hydrogens (tertiary/aromatic N) is 3. The fourth-order valence-corrected chi connectivity index (χ4v) is 4.89. The Morgan fingerprint density at radius 2 is 2.21 bits per heavy atom. The van der Waals surface area contributed by atoms with Crippen molar-refractivity contribution in [2.45, 2.75) is 52.4 Å². The van der Waals surface area contributed by atoms with E-state index in [1.165, 1.54) is 16.1 Å². The Labute approximate surface area is 152 Å². The van der Waals surface area contributed by atoms with Crippen LogP contribution in [0.1, 0.15) is 35.7 Å². The van der Waals surface area contributed by atoms with Crippen LogP contribution < -0.4 is 0 Å². The highest BCUT2D eigenvalue weighted by atomic mass is 32.2. The number of hydrogen-bond acceptors (Lipinski definition) is 4. The minimum atomic E-state index is 0.214. The number of carbonyl (C=O) groups excluding carboxylic acids is 1. The summed E-state index contributed by atoms with van der Waals surface area (Å²) in [5.41, 5.74) is 3.59. The summed E-state index contributed by atoms with van der Waals surface area (Å²) in [6, 6.07) is 2.15. The van der Waals surface area contributed by atoms with Crippen LogP contribution in [0.15, 0.2) is 16.6 Å². The van der Waals surface area contributed by atoms with Gasteiger partial charge in [-0.15, -0.1) is 11.3 Å². The topological polar surface area (TPSA) is 38.1 Å². The molecule has 2 aromatic heterocycles. The number of thioether (sulfide) groups is 1. The van der Waals surface area contributed by atoms with Gasteiger partial charge in [-0.3, -0.25) is 4.79 Å². The fourth-order valence-electron chi connectivity index (χ4n) is 2.99. The molecule has 3 rings (SSSR count). The van der Waals surface area contributed by atoms with Gasteiger partial charge in [0.15, 0.2) is 5.16 Å². The molecule has 0 atom stereocenters. The summed E-state index contributed by atoms with van der Waals surface area (Å²) in [7, 11) is 0. The maximum Gasteiger partial charge on any atom is 0.233 e. The second-order valence-electron chi connectivity index (χ2n) is 6.79. The fraction of sp³-hybridized carbons (Fsp3) is 0.556. The maximum atomic E-state index is 12.6. The lowest BCUT2D eigenvalue weighted by molar-refractivity contribution is -0.129. The molecule has 130 valence electrons. The molecule has 0 radical (unpaired) electrons. The first-order chi connectivity index (χ1) is 11.5. The molecule has 1 amide bonds. The van der Waals surface area contributed by atoms with Crippen LogP contribution in [0.3, 0.4) is 0 Å². The molecule has 0 N–H and O–H groups in total. The van der Waals surface area contributed by atoms with Crippen LogP contribution in [0.4, 0.5) is 0 Å². The number of aryl methyl sites for hydroxylation is 1. The van der Waals surface area contributed by atoms with E-state index in [0.29, 0.717) is 11.7 Å². The zero-order valence-corrected chi connectivity index (χ0v) is 16.5. The van der Waals surface area contributed by atoms with E-state index in [4.69, 9.17) is 0 Å². The van der Waals surface area contributed by atoms with E-state index in [-0.39, 0.29) is 5.91 Å². The van der Waals surface area contributed by atoms with Gasteiger partial charge in [-0.05, 0) is 43.2 Å². The predicted molar refractivity (Wildman–Crippen MR) is 101 cm³/mol.